The molecule has 110 valence electrons. The molecule has 1 aliphatic rings. The smallest absolute Gasteiger partial charge is 0.245 e. The molecule has 1 saturated heterocycles. The number of carbonyl (C=O) groups excluding carboxylic acids is 2. The van der Waals surface area contributed by atoms with Gasteiger partial charge in [-0.15, -0.1) is 0 Å². The van der Waals surface area contributed by atoms with Crippen LogP contribution in [0.4, 0.5) is 0 Å². The topological polar surface area (TPSA) is 49.4 Å². The highest BCUT2D eigenvalue weighted by molar-refractivity contribution is 7.98. The molecule has 0 saturated carbocycles. The molecule has 2 amide bonds. The van der Waals surface area contributed by atoms with Gasteiger partial charge in [0, 0.05) is 19.5 Å². The predicted molar refractivity (Wildman–Crippen MR) is 80.2 cm³/mol. The van der Waals surface area contributed by atoms with E-state index in [1.54, 1.807) is 0 Å². The first-order chi connectivity index (χ1) is 9.10. The van der Waals surface area contributed by atoms with Gasteiger partial charge in [-0.3, -0.25) is 9.59 Å². The van der Waals surface area contributed by atoms with Crippen LogP contribution >= 0.6 is 11.8 Å². The van der Waals surface area contributed by atoms with E-state index in [9.17, 15) is 9.59 Å². The van der Waals surface area contributed by atoms with Crippen molar-refractivity contribution in [3.05, 3.63) is 0 Å². The Labute approximate surface area is 120 Å². The van der Waals surface area contributed by atoms with E-state index >= 15 is 0 Å². The third-order valence-corrected chi connectivity index (χ3v) is 4.44. The molecule has 1 N–H and O–H groups in total. The van der Waals surface area contributed by atoms with E-state index in [0.717, 1.165) is 31.6 Å². The quantitative estimate of drug-likeness (QED) is 0.727. The van der Waals surface area contributed by atoms with Crippen molar-refractivity contribution in [2.45, 2.75) is 45.6 Å². The van der Waals surface area contributed by atoms with Gasteiger partial charge in [-0.1, -0.05) is 20.3 Å². The minimum absolute atomic E-state index is 0.00487. The van der Waals surface area contributed by atoms with Gasteiger partial charge in [0.1, 0.15) is 6.04 Å². The number of hydrogen-bond acceptors (Lipinski definition) is 3. The van der Waals surface area contributed by atoms with Crippen LogP contribution in [0.25, 0.3) is 0 Å². The Morgan fingerprint density at radius 1 is 1.42 bits per heavy atom. The van der Waals surface area contributed by atoms with E-state index in [0.29, 0.717) is 13.0 Å². The van der Waals surface area contributed by atoms with Crippen molar-refractivity contribution >= 4 is 23.6 Å². The second kappa shape index (κ2) is 8.46. The van der Waals surface area contributed by atoms with E-state index in [4.69, 9.17) is 0 Å². The standard InChI is InChI=1S/C14H26N2O2S/c1-4-11(2)13-14(18)16(8-5-6-10-19-3)9-7-12(17)15-13/h11,13H,4-10H2,1-3H3,(H,15,17). The summed E-state index contributed by atoms with van der Waals surface area (Å²) in [4.78, 5) is 26.0. The average Bonchev–Trinajstić information content (AvgIpc) is 2.55. The lowest BCUT2D eigenvalue weighted by Crippen LogP contribution is -2.48. The summed E-state index contributed by atoms with van der Waals surface area (Å²) >= 11 is 1.83. The molecule has 0 bridgehead atoms. The molecule has 4 nitrogen and oxygen atoms in total. The largest absolute Gasteiger partial charge is 0.344 e. The van der Waals surface area contributed by atoms with Crippen molar-refractivity contribution in [1.82, 2.24) is 10.2 Å². The highest BCUT2D eigenvalue weighted by Crippen LogP contribution is 2.15. The van der Waals surface area contributed by atoms with Crippen molar-refractivity contribution in [2.75, 3.05) is 25.1 Å². The maximum atomic E-state index is 12.5. The molecular formula is C14H26N2O2S. The lowest BCUT2D eigenvalue weighted by molar-refractivity contribution is -0.135. The van der Waals surface area contributed by atoms with E-state index in [2.05, 4.69) is 18.5 Å². The number of nitrogens with one attached hydrogen (secondary N) is 1. The van der Waals surface area contributed by atoms with Gasteiger partial charge in [0.25, 0.3) is 0 Å². The Bertz CT molecular complexity index is 310. The Kier molecular flexibility index (Phi) is 7.28. The van der Waals surface area contributed by atoms with Crippen LogP contribution in [0, 0.1) is 5.92 Å². The number of carbonyl (C=O) groups is 2. The van der Waals surface area contributed by atoms with Crippen molar-refractivity contribution in [3.63, 3.8) is 0 Å². The Morgan fingerprint density at radius 3 is 2.79 bits per heavy atom. The van der Waals surface area contributed by atoms with Crippen LogP contribution in [0.3, 0.4) is 0 Å². The molecule has 0 aromatic heterocycles. The summed E-state index contributed by atoms with van der Waals surface area (Å²) in [5.41, 5.74) is 0. The van der Waals surface area contributed by atoms with Crippen LogP contribution in [0.2, 0.25) is 0 Å². The zero-order valence-electron chi connectivity index (χ0n) is 12.3. The molecule has 2 atom stereocenters. The van der Waals surface area contributed by atoms with E-state index in [1.807, 2.05) is 23.6 Å². The first-order valence-corrected chi connectivity index (χ1v) is 8.56. The van der Waals surface area contributed by atoms with E-state index in [-0.39, 0.29) is 23.8 Å². The van der Waals surface area contributed by atoms with Gasteiger partial charge >= 0.3 is 0 Å². The van der Waals surface area contributed by atoms with Crippen LogP contribution in [0.1, 0.15) is 39.5 Å². The highest BCUT2D eigenvalue weighted by Gasteiger charge is 2.32. The summed E-state index contributed by atoms with van der Waals surface area (Å²) in [5, 5.41) is 2.88. The Balaban J connectivity index is 2.59. The van der Waals surface area contributed by atoms with Crippen molar-refractivity contribution in [2.24, 2.45) is 5.92 Å². The molecule has 2 unspecified atom stereocenters. The van der Waals surface area contributed by atoms with Crippen molar-refractivity contribution in [1.29, 1.82) is 0 Å². The van der Waals surface area contributed by atoms with Gasteiger partial charge in [0.15, 0.2) is 0 Å². The van der Waals surface area contributed by atoms with Gasteiger partial charge < -0.3 is 10.2 Å². The number of hydrogen-bond donors (Lipinski definition) is 1. The van der Waals surface area contributed by atoms with Crippen LogP contribution < -0.4 is 5.32 Å². The average molecular weight is 286 g/mol. The highest BCUT2D eigenvalue weighted by atomic mass is 32.2. The SMILES string of the molecule is CCC(C)C1NC(=O)CCN(CCCCSC)C1=O. The molecule has 0 spiro atoms. The first kappa shape index (κ1) is 16.3. The fourth-order valence-corrected chi connectivity index (χ4v) is 2.74. The molecule has 0 aromatic rings. The number of nitrogens with zero attached hydrogens (tertiary/aromatic N) is 1. The number of rotatable bonds is 7. The predicted octanol–water partition coefficient (Wildman–Crippen LogP) is 1.89. The summed E-state index contributed by atoms with van der Waals surface area (Å²) in [6.07, 6.45) is 5.57. The minimum atomic E-state index is -0.333. The lowest BCUT2D eigenvalue weighted by atomic mass is 9.98. The summed E-state index contributed by atoms with van der Waals surface area (Å²) in [6, 6.07) is -0.333. The molecule has 0 aromatic carbocycles. The lowest BCUT2D eigenvalue weighted by Gasteiger charge is -2.27. The molecule has 1 aliphatic heterocycles. The fourth-order valence-electron chi connectivity index (χ4n) is 2.24. The van der Waals surface area contributed by atoms with Gasteiger partial charge in [-0.2, -0.15) is 11.8 Å². The number of thioether (sulfide) groups is 1. The van der Waals surface area contributed by atoms with E-state index < -0.39 is 0 Å². The number of amides is 2. The van der Waals surface area contributed by atoms with Gasteiger partial charge in [-0.05, 0) is 30.8 Å². The molecule has 19 heavy (non-hydrogen) atoms. The molecule has 1 fully saturated rings. The summed E-state index contributed by atoms with van der Waals surface area (Å²) in [7, 11) is 0. The van der Waals surface area contributed by atoms with Crippen LogP contribution in [0.5, 0.6) is 0 Å². The van der Waals surface area contributed by atoms with Crippen molar-refractivity contribution in [3.8, 4) is 0 Å². The van der Waals surface area contributed by atoms with Crippen molar-refractivity contribution < 1.29 is 9.59 Å². The fraction of sp³-hybridized carbons (Fsp3) is 0.857. The molecule has 5 heteroatoms. The Morgan fingerprint density at radius 2 is 2.16 bits per heavy atom. The molecule has 0 aliphatic carbocycles. The van der Waals surface area contributed by atoms with Gasteiger partial charge in [0.2, 0.25) is 11.8 Å². The third kappa shape index (κ3) is 5.05. The second-order valence-electron chi connectivity index (χ2n) is 5.21. The minimum Gasteiger partial charge on any atom is -0.344 e. The molecule has 1 heterocycles. The summed E-state index contributed by atoms with van der Waals surface area (Å²) < 4.78 is 0. The third-order valence-electron chi connectivity index (χ3n) is 3.74. The van der Waals surface area contributed by atoms with E-state index in [1.165, 1.54) is 0 Å². The molecular weight excluding hydrogens is 260 g/mol. The summed E-state index contributed by atoms with van der Waals surface area (Å²) in [5.74, 6) is 1.44. The van der Waals surface area contributed by atoms with Crippen LogP contribution in [-0.2, 0) is 9.59 Å². The first-order valence-electron chi connectivity index (χ1n) is 7.17. The normalized spacial score (nSPS) is 22.1. The van der Waals surface area contributed by atoms with Crippen LogP contribution in [0.15, 0.2) is 0 Å². The maximum Gasteiger partial charge on any atom is 0.245 e. The summed E-state index contributed by atoms with van der Waals surface area (Å²) in [6.45, 7) is 5.43. The monoisotopic (exact) mass is 286 g/mol. The Hall–Kier alpha value is -0.710. The second-order valence-corrected chi connectivity index (χ2v) is 6.19. The van der Waals surface area contributed by atoms with Gasteiger partial charge in [0.05, 0.1) is 0 Å². The number of unbranched alkanes of at least 4 members (excludes halogenated alkanes) is 1. The molecule has 0 radical (unpaired) electrons. The zero-order valence-corrected chi connectivity index (χ0v) is 13.1. The zero-order chi connectivity index (χ0) is 14.3. The van der Waals surface area contributed by atoms with Gasteiger partial charge in [-0.25, -0.2) is 0 Å². The molecule has 1 rings (SSSR count). The maximum absolute atomic E-state index is 12.5. The van der Waals surface area contributed by atoms with Crippen LogP contribution in [-0.4, -0.2) is 47.9 Å².